The molecule has 0 radical (unpaired) electrons. The Hall–Kier alpha value is -1.86. The SMILES string of the molecule is CCn1nc(-c2cc(C)on2)c(C(=O)NC2CCCCN(CCC(C)(C)C)C2)c1Cl. The Kier molecular flexibility index (Phi) is 7.24. The third-order valence-corrected chi connectivity index (χ3v) is 5.94. The van der Waals surface area contributed by atoms with Gasteiger partial charge >= 0.3 is 0 Å². The van der Waals surface area contributed by atoms with E-state index in [1.807, 2.05) is 13.8 Å². The minimum atomic E-state index is -0.196. The van der Waals surface area contributed by atoms with Crippen LogP contribution in [-0.4, -0.2) is 51.4 Å². The molecule has 1 amide bonds. The van der Waals surface area contributed by atoms with Gasteiger partial charge in [-0.25, -0.2) is 0 Å². The van der Waals surface area contributed by atoms with Gasteiger partial charge in [-0.15, -0.1) is 0 Å². The van der Waals surface area contributed by atoms with E-state index in [0.29, 0.717) is 39.8 Å². The molecule has 2 aromatic heterocycles. The molecule has 3 heterocycles. The standard InChI is InChI=1S/C22H34ClN5O2/c1-6-28-20(23)18(19(25-28)17-13-15(2)30-26-17)21(29)24-16-9-7-8-11-27(14-16)12-10-22(3,4)5/h13,16H,6-12,14H2,1-5H3,(H,24,29). The van der Waals surface area contributed by atoms with E-state index in [1.165, 1.54) is 0 Å². The molecule has 0 spiro atoms. The molecule has 1 aliphatic heterocycles. The fraction of sp³-hybridized carbons (Fsp3) is 0.682. The number of nitrogens with one attached hydrogen (secondary N) is 1. The number of aryl methyl sites for hydroxylation is 2. The summed E-state index contributed by atoms with van der Waals surface area (Å²) in [5.41, 5.74) is 1.67. The summed E-state index contributed by atoms with van der Waals surface area (Å²) in [6.45, 7) is 14.1. The molecule has 8 heteroatoms. The normalized spacial score (nSPS) is 18.4. The summed E-state index contributed by atoms with van der Waals surface area (Å²) in [7, 11) is 0. The molecule has 0 bridgehead atoms. The number of carbonyl (C=O) groups excluding carboxylic acids is 1. The van der Waals surface area contributed by atoms with E-state index in [1.54, 1.807) is 10.7 Å². The first-order valence-electron chi connectivity index (χ1n) is 10.9. The van der Waals surface area contributed by atoms with E-state index in [-0.39, 0.29) is 11.9 Å². The number of hydrogen-bond acceptors (Lipinski definition) is 5. The second-order valence-corrected chi connectivity index (χ2v) is 9.79. The monoisotopic (exact) mass is 435 g/mol. The summed E-state index contributed by atoms with van der Waals surface area (Å²) in [6.07, 6.45) is 4.37. The summed E-state index contributed by atoms with van der Waals surface area (Å²) >= 11 is 6.53. The van der Waals surface area contributed by atoms with Gasteiger partial charge in [0.15, 0.2) is 0 Å². The lowest BCUT2D eigenvalue weighted by molar-refractivity contribution is 0.0925. The van der Waals surface area contributed by atoms with Crippen molar-refractivity contribution in [1.29, 1.82) is 0 Å². The van der Waals surface area contributed by atoms with E-state index in [2.05, 4.69) is 41.2 Å². The summed E-state index contributed by atoms with van der Waals surface area (Å²) in [5, 5.41) is 12.1. The Morgan fingerprint density at radius 2 is 2.13 bits per heavy atom. The van der Waals surface area contributed by atoms with Crippen LogP contribution in [0.2, 0.25) is 5.15 Å². The van der Waals surface area contributed by atoms with Crippen molar-refractivity contribution in [2.24, 2.45) is 5.41 Å². The number of carbonyl (C=O) groups is 1. The van der Waals surface area contributed by atoms with Crippen molar-refractivity contribution in [3.63, 3.8) is 0 Å². The van der Waals surface area contributed by atoms with Crippen molar-refractivity contribution in [2.75, 3.05) is 19.6 Å². The van der Waals surface area contributed by atoms with Crippen LogP contribution in [0.25, 0.3) is 11.4 Å². The lowest BCUT2D eigenvalue weighted by Crippen LogP contribution is -2.43. The maximum Gasteiger partial charge on any atom is 0.257 e. The van der Waals surface area contributed by atoms with Gasteiger partial charge in [-0.05, 0) is 51.6 Å². The van der Waals surface area contributed by atoms with Gasteiger partial charge in [0.1, 0.15) is 27.9 Å². The molecule has 1 atom stereocenters. The summed E-state index contributed by atoms with van der Waals surface area (Å²) in [4.78, 5) is 15.7. The van der Waals surface area contributed by atoms with Gasteiger partial charge in [0.05, 0.1) is 0 Å². The Balaban J connectivity index is 1.77. The fourth-order valence-corrected chi connectivity index (χ4v) is 4.13. The molecule has 1 aliphatic rings. The van der Waals surface area contributed by atoms with Crippen LogP contribution in [0.15, 0.2) is 10.6 Å². The predicted molar refractivity (Wildman–Crippen MR) is 119 cm³/mol. The Morgan fingerprint density at radius 1 is 1.37 bits per heavy atom. The van der Waals surface area contributed by atoms with Crippen molar-refractivity contribution < 1.29 is 9.32 Å². The predicted octanol–water partition coefficient (Wildman–Crippen LogP) is 4.54. The van der Waals surface area contributed by atoms with Crippen molar-refractivity contribution in [1.82, 2.24) is 25.2 Å². The van der Waals surface area contributed by atoms with Crippen LogP contribution in [0, 0.1) is 12.3 Å². The van der Waals surface area contributed by atoms with Gasteiger partial charge in [0.25, 0.3) is 5.91 Å². The molecule has 1 N–H and O–H groups in total. The fourth-order valence-electron chi connectivity index (χ4n) is 3.80. The van der Waals surface area contributed by atoms with Gasteiger partial charge in [-0.1, -0.05) is 43.9 Å². The molecule has 30 heavy (non-hydrogen) atoms. The molecule has 2 aromatic rings. The average molecular weight is 436 g/mol. The number of nitrogens with zero attached hydrogens (tertiary/aromatic N) is 4. The molecule has 1 fully saturated rings. The van der Waals surface area contributed by atoms with Crippen LogP contribution in [0.4, 0.5) is 0 Å². The molecule has 1 unspecified atom stereocenters. The van der Waals surface area contributed by atoms with Crippen molar-refractivity contribution >= 4 is 17.5 Å². The molecule has 3 rings (SSSR count). The molecule has 166 valence electrons. The number of rotatable bonds is 6. The highest BCUT2D eigenvalue weighted by Crippen LogP contribution is 2.29. The molecule has 0 aromatic carbocycles. The van der Waals surface area contributed by atoms with Crippen LogP contribution in [0.5, 0.6) is 0 Å². The summed E-state index contributed by atoms with van der Waals surface area (Å²) in [6, 6.07) is 1.86. The average Bonchev–Trinajstić information content (AvgIpc) is 3.16. The molecular formula is C22H34ClN5O2. The van der Waals surface area contributed by atoms with E-state index in [4.69, 9.17) is 16.1 Å². The lowest BCUT2D eigenvalue weighted by Gasteiger charge is -2.28. The van der Waals surface area contributed by atoms with Crippen molar-refractivity contribution in [2.45, 2.75) is 72.9 Å². The molecule has 1 saturated heterocycles. The summed E-state index contributed by atoms with van der Waals surface area (Å²) < 4.78 is 6.81. The van der Waals surface area contributed by atoms with Crippen molar-refractivity contribution in [3.8, 4) is 11.4 Å². The second-order valence-electron chi connectivity index (χ2n) is 9.43. The van der Waals surface area contributed by atoms with Crippen LogP contribution < -0.4 is 5.32 Å². The molecular weight excluding hydrogens is 402 g/mol. The zero-order valence-corrected chi connectivity index (χ0v) is 19.6. The van der Waals surface area contributed by atoms with Crippen LogP contribution >= 0.6 is 11.6 Å². The number of likely N-dealkylation sites (tertiary alicyclic amines) is 1. The van der Waals surface area contributed by atoms with Gasteiger partial charge in [0.2, 0.25) is 0 Å². The minimum absolute atomic E-state index is 0.0907. The summed E-state index contributed by atoms with van der Waals surface area (Å²) in [5.74, 6) is 0.467. The highest BCUT2D eigenvalue weighted by molar-refractivity contribution is 6.33. The first-order chi connectivity index (χ1) is 14.2. The second kappa shape index (κ2) is 9.52. The quantitative estimate of drug-likeness (QED) is 0.720. The zero-order chi connectivity index (χ0) is 21.9. The minimum Gasteiger partial charge on any atom is -0.361 e. The lowest BCUT2D eigenvalue weighted by atomic mass is 9.92. The molecule has 7 nitrogen and oxygen atoms in total. The third kappa shape index (κ3) is 5.64. The Bertz CT molecular complexity index is 867. The maximum absolute atomic E-state index is 13.3. The largest absolute Gasteiger partial charge is 0.361 e. The first-order valence-corrected chi connectivity index (χ1v) is 11.3. The number of amides is 1. The van der Waals surface area contributed by atoms with E-state index < -0.39 is 0 Å². The highest BCUT2D eigenvalue weighted by Gasteiger charge is 2.28. The van der Waals surface area contributed by atoms with Gasteiger partial charge in [0, 0.05) is 25.2 Å². The highest BCUT2D eigenvalue weighted by atomic mass is 35.5. The van der Waals surface area contributed by atoms with E-state index in [9.17, 15) is 4.79 Å². The Morgan fingerprint density at radius 3 is 2.77 bits per heavy atom. The van der Waals surface area contributed by atoms with Crippen molar-refractivity contribution in [3.05, 3.63) is 22.5 Å². The number of halogens is 1. The van der Waals surface area contributed by atoms with E-state index in [0.717, 1.165) is 45.3 Å². The molecule has 0 aliphatic carbocycles. The van der Waals surface area contributed by atoms with Crippen LogP contribution in [-0.2, 0) is 6.54 Å². The topological polar surface area (TPSA) is 76.2 Å². The molecule has 0 saturated carbocycles. The Labute approximate surface area is 184 Å². The number of hydrogen-bond donors (Lipinski definition) is 1. The zero-order valence-electron chi connectivity index (χ0n) is 18.8. The van der Waals surface area contributed by atoms with E-state index >= 15 is 0 Å². The van der Waals surface area contributed by atoms with Gasteiger partial charge in [-0.3, -0.25) is 9.48 Å². The third-order valence-electron chi connectivity index (χ3n) is 5.56. The first kappa shape index (κ1) is 22.8. The van der Waals surface area contributed by atoms with Gasteiger partial charge < -0.3 is 14.7 Å². The number of aromatic nitrogens is 3. The van der Waals surface area contributed by atoms with Gasteiger partial charge in [-0.2, -0.15) is 5.10 Å². The van der Waals surface area contributed by atoms with Crippen LogP contribution in [0.1, 0.15) is 69.5 Å². The maximum atomic E-state index is 13.3. The smallest absolute Gasteiger partial charge is 0.257 e. The van der Waals surface area contributed by atoms with Crippen LogP contribution in [0.3, 0.4) is 0 Å².